The van der Waals surface area contributed by atoms with Gasteiger partial charge >= 0.3 is 0 Å². The molecule has 3 nitrogen and oxygen atoms in total. The highest BCUT2D eigenvalue weighted by Crippen LogP contribution is 2.42. The number of nitrogens with one attached hydrogen (secondary N) is 1. The summed E-state index contributed by atoms with van der Waals surface area (Å²) < 4.78 is 13.1. The fraction of sp³-hybridized carbons (Fsp3) is 0.250. The Labute approximate surface area is 205 Å². The molecule has 6 rings (SSSR count). The van der Waals surface area contributed by atoms with Crippen LogP contribution in [0.2, 0.25) is 0 Å². The number of anilines is 2. The van der Waals surface area contributed by atoms with Crippen molar-refractivity contribution in [2.24, 2.45) is 0 Å². The molecule has 0 radical (unpaired) electrons. The molecule has 0 saturated carbocycles. The minimum absolute atomic E-state index is 0.00832. The van der Waals surface area contributed by atoms with Crippen LogP contribution in [0.3, 0.4) is 0 Å². The molecule has 0 bridgehead atoms. The van der Waals surface area contributed by atoms with Gasteiger partial charge in [-0.05, 0) is 23.0 Å². The number of furan rings is 2. The average molecular weight is 462 g/mol. The second-order valence-corrected chi connectivity index (χ2v) is 11.6. The van der Waals surface area contributed by atoms with Gasteiger partial charge in [0.05, 0.1) is 11.4 Å². The van der Waals surface area contributed by atoms with Gasteiger partial charge in [0.15, 0.2) is 11.2 Å². The summed E-state index contributed by atoms with van der Waals surface area (Å²) in [5.41, 5.74) is 7.92. The standard InChI is InChI=1S/C32H31NO2/c1-31(2,3)23-15-7-11-19-21-13-9-17-25(29(21)34-27(19)23)33-26-18-10-14-22-20-12-8-16-24(32(4,5)6)28(20)35-30(22)26/h7-18,33H,1-6H3. The van der Waals surface area contributed by atoms with Gasteiger partial charge in [0.2, 0.25) is 0 Å². The molecule has 0 aliphatic heterocycles. The van der Waals surface area contributed by atoms with Gasteiger partial charge in [0.25, 0.3) is 0 Å². The first-order chi connectivity index (χ1) is 16.6. The average Bonchev–Trinajstić information content (AvgIpc) is 3.37. The van der Waals surface area contributed by atoms with E-state index in [9.17, 15) is 0 Å². The molecule has 0 amide bonds. The quantitative estimate of drug-likeness (QED) is 0.279. The van der Waals surface area contributed by atoms with E-state index in [-0.39, 0.29) is 10.8 Å². The highest BCUT2D eigenvalue weighted by molar-refractivity contribution is 6.13. The summed E-state index contributed by atoms with van der Waals surface area (Å²) in [4.78, 5) is 0. The van der Waals surface area contributed by atoms with E-state index in [4.69, 9.17) is 8.83 Å². The summed E-state index contributed by atoms with van der Waals surface area (Å²) in [6.07, 6.45) is 0. The van der Waals surface area contributed by atoms with Crippen molar-refractivity contribution in [1.82, 2.24) is 0 Å². The number of para-hydroxylation sites is 4. The molecule has 1 N–H and O–H groups in total. The molecule has 2 aromatic heterocycles. The maximum absolute atomic E-state index is 6.56. The Hall–Kier alpha value is -3.72. The summed E-state index contributed by atoms with van der Waals surface area (Å²) in [6, 6.07) is 25.5. The summed E-state index contributed by atoms with van der Waals surface area (Å²) in [6.45, 7) is 13.3. The van der Waals surface area contributed by atoms with Crippen LogP contribution in [0.15, 0.2) is 81.6 Å². The number of hydrogen-bond acceptors (Lipinski definition) is 3. The van der Waals surface area contributed by atoms with E-state index in [2.05, 4.69) is 120 Å². The first-order valence-electron chi connectivity index (χ1n) is 12.3. The van der Waals surface area contributed by atoms with Gasteiger partial charge in [-0.1, -0.05) is 102 Å². The fourth-order valence-electron chi connectivity index (χ4n) is 5.16. The van der Waals surface area contributed by atoms with Gasteiger partial charge in [0.1, 0.15) is 11.2 Å². The highest BCUT2D eigenvalue weighted by atomic mass is 16.3. The Morgan fingerprint density at radius 3 is 1.17 bits per heavy atom. The first kappa shape index (κ1) is 21.8. The van der Waals surface area contributed by atoms with Crippen molar-refractivity contribution in [2.45, 2.75) is 52.4 Å². The molecule has 0 atom stereocenters. The van der Waals surface area contributed by atoms with E-state index < -0.39 is 0 Å². The summed E-state index contributed by atoms with van der Waals surface area (Å²) in [7, 11) is 0. The second-order valence-electron chi connectivity index (χ2n) is 11.6. The maximum Gasteiger partial charge on any atom is 0.158 e. The molecule has 0 aliphatic carbocycles. The topological polar surface area (TPSA) is 38.3 Å². The van der Waals surface area contributed by atoms with Crippen LogP contribution in [0.5, 0.6) is 0 Å². The van der Waals surface area contributed by atoms with Crippen LogP contribution in [0, 0.1) is 0 Å². The Balaban J connectivity index is 1.55. The number of benzene rings is 4. The molecule has 0 aliphatic rings. The van der Waals surface area contributed by atoms with Crippen LogP contribution in [0.1, 0.15) is 52.7 Å². The van der Waals surface area contributed by atoms with E-state index in [0.29, 0.717) is 0 Å². The normalized spacial score (nSPS) is 12.9. The smallest absolute Gasteiger partial charge is 0.158 e. The monoisotopic (exact) mass is 461 g/mol. The molecule has 2 heterocycles. The Kier molecular flexibility index (Phi) is 4.60. The van der Waals surface area contributed by atoms with Crippen LogP contribution < -0.4 is 5.32 Å². The van der Waals surface area contributed by atoms with E-state index >= 15 is 0 Å². The molecule has 35 heavy (non-hydrogen) atoms. The predicted octanol–water partition coefficient (Wildman–Crippen LogP) is 9.82. The Morgan fingerprint density at radius 1 is 0.457 bits per heavy atom. The number of fused-ring (bicyclic) bond motifs is 6. The van der Waals surface area contributed by atoms with Gasteiger partial charge in [-0.2, -0.15) is 0 Å². The lowest BCUT2D eigenvalue weighted by Crippen LogP contribution is -2.10. The van der Waals surface area contributed by atoms with E-state index in [0.717, 1.165) is 55.3 Å². The molecular formula is C32H31NO2. The van der Waals surface area contributed by atoms with Crippen molar-refractivity contribution < 1.29 is 8.83 Å². The van der Waals surface area contributed by atoms with Gasteiger partial charge in [-0.15, -0.1) is 0 Å². The lowest BCUT2D eigenvalue weighted by Gasteiger charge is -2.18. The summed E-state index contributed by atoms with van der Waals surface area (Å²) in [5.74, 6) is 0. The Morgan fingerprint density at radius 2 is 0.800 bits per heavy atom. The van der Waals surface area contributed by atoms with Crippen LogP contribution in [0.25, 0.3) is 43.9 Å². The lowest BCUT2D eigenvalue weighted by atomic mass is 9.86. The van der Waals surface area contributed by atoms with Gasteiger partial charge in [-0.3, -0.25) is 0 Å². The van der Waals surface area contributed by atoms with E-state index in [1.54, 1.807) is 0 Å². The van der Waals surface area contributed by atoms with Crippen LogP contribution in [-0.4, -0.2) is 0 Å². The largest absolute Gasteiger partial charge is 0.454 e. The third-order valence-corrected chi connectivity index (χ3v) is 6.93. The van der Waals surface area contributed by atoms with E-state index in [1.807, 2.05) is 0 Å². The molecule has 4 aromatic carbocycles. The van der Waals surface area contributed by atoms with Gasteiger partial charge in [-0.25, -0.2) is 0 Å². The summed E-state index contributed by atoms with van der Waals surface area (Å²) >= 11 is 0. The third kappa shape index (κ3) is 3.41. The molecule has 0 unspecified atom stereocenters. The van der Waals surface area contributed by atoms with Gasteiger partial charge < -0.3 is 14.2 Å². The summed E-state index contributed by atoms with van der Waals surface area (Å²) in [5, 5.41) is 8.16. The SMILES string of the molecule is CC(C)(C)c1cccc2c1oc1c(Nc3cccc4c3oc3c(C(C)(C)C)cccc34)cccc12. The minimum atomic E-state index is -0.00832. The zero-order valence-electron chi connectivity index (χ0n) is 21.2. The fourth-order valence-corrected chi connectivity index (χ4v) is 5.16. The van der Waals surface area contributed by atoms with Gasteiger partial charge in [0, 0.05) is 32.7 Å². The zero-order valence-corrected chi connectivity index (χ0v) is 21.2. The minimum Gasteiger partial charge on any atom is -0.454 e. The highest BCUT2D eigenvalue weighted by Gasteiger charge is 2.23. The van der Waals surface area contributed by atoms with E-state index in [1.165, 1.54) is 11.1 Å². The third-order valence-electron chi connectivity index (χ3n) is 6.93. The second kappa shape index (κ2) is 7.39. The molecule has 3 heteroatoms. The molecule has 0 fully saturated rings. The van der Waals surface area contributed by atoms with Crippen molar-refractivity contribution in [3.8, 4) is 0 Å². The van der Waals surface area contributed by atoms with Crippen LogP contribution in [-0.2, 0) is 10.8 Å². The Bertz CT molecular complexity index is 1610. The predicted molar refractivity (Wildman–Crippen MR) is 148 cm³/mol. The van der Waals surface area contributed by atoms with Crippen molar-refractivity contribution in [1.29, 1.82) is 0 Å². The molecule has 6 aromatic rings. The number of hydrogen-bond donors (Lipinski definition) is 1. The van der Waals surface area contributed by atoms with Crippen LogP contribution >= 0.6 is 0 Å². The molecular weight excluding hydrogens is 430 g/mol. The zero-order chi connectivity index (χ0) is 24.5. The lowest BCUT2D eigenvalue weighted by molar-refractivity contribution is 0.573. The van der Waals surface area contributed by atoms with Crippen molar-refractivity contribution in [3.63, 3.8) is 0 Å². The molecule has 176 valence electrons. The maximum atomic E-state index is 6.56. The van der Waals surface area contributed by atoms with Crippen molar-refractivity contribution in [2.75, 3.05) is 5.32 Å². The number of rotatable bonds is 2. The first-order valence-corrected chi connectivity index (χ1v) is 12.3. The van der Waals surface area contributed by atoms with Crippen LogP contribution in [0.4, 0.5) is 11.4 Å². The molecule has 0 saturated heterocycles. The van der Waals surface area contributed by atoms with Crippen molar-refractivity contribution >= 4 is 55.3 Å². The molecule has 0 spiro atoms. The van der Waals surface area contributed by atoms with Crippen molar-refractivity contribution in [3.05, 3.63) is 83.9 Å².